The van der Waals surface area contributed by atoms with Gasteiger partial charge in [-0.1, -0.05) is 0 Å². The number of aryl methyl sites for hydroxylation is 1. The molecule has 2 rings (SSSR count). The minimum atomic E-state index is -0.418. The Hall–Kier alpha value is -1.69. The average Bonchev–Trinajstić information content (AvgIpc) is 2.94. The van der Waals surface area contributed by atoms with Crippen molar-refractivity contribution < 1.29 is 9.18 Å². The van der Waals surface area contributed by atoms with Gasteiger partial charge < -0.3 is 9.88 Å². The molecule has 4 nitrogen and oxygen atoms in total. The molecule has 1 aromatic heterocycles. The molecular formula is C14H15BrFN3O. The number of benzene rings is 1. The largest absolute Gasteiger partial charge is 0.352 e. The SMILES string of the molecule is O=C(NCCCCn1ccnc1)c1cc(F)ccc1Br. The van der Waals surface area contributed by atoms with Gasteiger partial charge in [0.25, 0.3) is 5.91 Å². The molecule has 6 heteroatoms. The van der Waals surface area contributed by atoms with E-state index in [1.807, 2.05) is 10.8 Å². The van der Waals surface area contributed by atoms with E-state index in [-0.39, 0.29) is 5.91 Å². The van der Waals surface area contributed by atoms with Crippen LogP contribution in [0.25, 0.3) is 0 Å². The zero-order valence-corrected chi connectivity index (χ0v) is 12.4. The van der Waals surface area contributed by atoms with Gasteiger partial charge in [-0.3, -0.25) is 4.79 Å². The number of nitrogens with one attached hydrogen (secondary N) is 1. The molecule has 1 N–H and O–H groups in total. The van der Waals surface area contributed by atoms with Gasteiger partial charge in [0.05, 0.1) is 11.9 Å². The highest BCUT2D eigenvalue weighted by Gasteiger charge is 2.10. The van der Waals surface area contributed by atoms with Gasteiger partial charge in [0.15, 0.2) is 0 Å². The summed E-state index contributed by atoms with van der Waals surface area (Å²) in [5.41, 5.74) is 0.319. The van der Waals surface area contributed by atoms with Crippen molar-refractivity contribution in [2.24, 2.45) is 0 Å². The second kappa shape index (κ2) is 7.19. The van der Waals surface area contributed by atoms with Crippen LogP contribution in [0.1, 0.15) is 23.2 Å². The summed E-state index contributed by atoms with van der Waals surface area (Å²) in [6, 6.07) is 4.07. The minimum Gasteiger partial charge on any atom is -0.352 e. The third kappa shape index (κ3) is 4.16. The summed E-state index contributed by atoms with van der Waals surface area (Å²) in [5.74, 6) is -0.683. The number of rotatable bonds is 6. The van der Waals surface area contributed by atoms with Crippen molar-refractivity contribution in [2.45, 2.75) is 19.4 Å². The number of carbonyl (C=O) groups is 1. The van der Waals surface area contributed by atoms with Crippen molar-refractivity contribution in [3.63, 3.8) is 0 Å². The van der Waals surface area contributed by atoms with Crippen LogP contribution in [0.2, 0.25) is 0 Å². The molecular weight excluding hydrogens is 325 g/mol. The van der Waals surface area contributed by atoms with Gasteiger partial charge in [-0.15, -0.1) is 0 Å². The Bertz CT molecular complexity index is 572. The van der Waals surface area contributed by atoms with Crippen molar-refractivity contribution in [3.8, 4) is 0 Å². The normalized spacial score (nSPS) is 10.5. The summed E-state index contributed by atoms with van der Waals surface area (Å²) in [5, 5.41) is 2.79. The first-order valence-corrected chi connectivity index (χ1v) is 7.15. The van der Waals surface area contributed by atoms with Crippen LogP contribution in [0.4, 0.5) is 4.39 Å². The zero-order chi connectivity index (χ0) is 14.4. The molecule has 0 bridgehead atoms. The van der Waals surface area contributed by atoms with Crippen LogP contribution < -0.4 is 5.32 Å². The first-order chi connectivity index (χ1) is 9.66. The van der Waals surface area contributed by atoms with Crippen LogP contribution in [0.3, 0.4) is 0 Å². The molecule has 0 fully saturated rings. The summed E-state index contributed by atoms with van der Waals surface area (Å²) in [6.45, 7) is 1.44. The second-order valence-corrected chi connectivity index (χ2v) is 5.24. The highest BCUT2D eigenvalue weighted by molar-refractivity contribution is 9.10. The van der Waals surface area contributed by atoms with E-state index in [0.29, 0.717) is 16.6 Å². The molecule has 0 saturated carbocycles. The zero-order valence-electron chi connectivity index (χ0n) is 10.9. The number of hydrogen-bond acceptors (Lipinski definition) is 2. The predicted octanol–water partition coefficient (Wildman–Crippen LogP) is 2.99. The number of carbonyl (C=O) groups excluding carboxylic acids is 1. The van der Waals surface area contributed by atoms with Crippen LogP contribution >= 0.6 is 15.9 Å². The summed E-state index contributed by atoms with van der Waals surface area (Å²) in [6.07, 6.45) is 7.21. The Balaban J connectivity index is 1.73. The number of hydrogen-bond donors (Lipinski definition) is 1. The fourth-order valence-corrected chi connectivity index (χ4v) is 2.23. The maximum atomic E-state index is 13.1. The minimum absolute atomic E-state index is 0.265. The van der Waals surface area contributed by atoms with Crippen LogP contribution in [0, 0.1) is 5.82 Å². The molecule has 0 spiro atoms. The quantitative estimate of drug-likeness (QED) is 0.822. The van der Waals surface area contributed by atoms with E-state index >= 15 is 0 Å². The average molecular weight is 340 g/mol. The molecule has 106 valence electrons. The van der Waals surface area contributed by atoms with E-state index in [1.54, 1.807) is 12.5 Å². The first kappa shape index (κ1) is 14.7. The smallest absolute Gasteiger partial charge is 0.252 e. The van der Waals surface area contributed by atoms with Gasteiger partial charge in [-0.2, -0.15) is 0 Å². The lowest BCUT2D eigenvalue weighted by atomic mass is 10.2. The number of aromatic nitrogens is 2. The fraction of sp³-hybridized carbons (Fsp3) is 0.286. The van der Waals surface area contributed by atoms with E-state index in [4.69, 9.17) is 0 Å². The summed E-state index contributed by atoms with van der Waals surface area (Å²) < 4.78 is 15.7. The van der Waals surface area contributed by atoms with Crippen LogP contribution in [-0.4, -0.2) is 22.0 Å². The molecule has 0 atom stereocenters. The maximum absolute atomic E-state index is 13.1. The lowest BCUT2D eigenvalue weighted by Crippen LogP contribution is -2.25. The molecule has 0 unspecified atom stereocenters. The highest BCUT2D eigenvalue weighted by Crippen LogP contribution is 2.17. The second-order valence-electron chi connectivity index (χ2n) is 4.39. The topological polar surface area (TPSA) is 46.9 Å². The predicted molar refractivity (Wildman–Crippen MR) is 77.9 cm³/mol. The van der Waals surface area contributed by atoms with E-state index in [0.717, 1.165) is 19.4 Å². The fourth-order valence-electron chi connectivity index (χ4n) is 1.81. The van der Waals surface area contributed by atoms with Crippen molar-refractivity contribution in [2.75, 3.05) is 6.54 Å². The van der Waals surface area contributed by atoms with Crippen molar-refractivity contribution >= 4 is 21.8 Å². The molecule has 0 saturated heterocycles. The summed E-state index contributed by atoms with van der Waals surface area (Å²) in [4.78, 5) is 15.8. The summed E-state index contributed by atoms with van der Waals surface area (Å²) >= 11 is 3.24. The number of imidazole rings is 1. The van der Waals surface area contributed by atoms with Gasteiger partial charge in [0.1, 0.15) is 5.82 Å². The molecule has 1 heterocycles. The monoisotopic (exact) mass is 339 g/mol. The van der Waals surface area contributed by atoms with Crippen molar-refractivity contribution in [1.29, 1.82) is 0 Å². The molecule has 0 radical (unpaired) electrons. The van der Waals surface area contributed by atoms with Crippen LogP contribution in [0.5, 0.6) is 0 Å². The van der Waals surface area contributed by atoms with E-state index in [1.165, 1.54) is 18.2 Å². The maximum Gasteiger partial charge on any atom is 0.252 e. The van der Waals surface area contributed by atoms with Crippen molar-refractivity contribution in [3.05, 3.63) is 52.8 Å². The molecule has 0 aliphatic carbocycles. The standard InChI is InChI=1S/C14H15BrFN3O/c15-13-4-3-11(16)9-12(13)14(20)18-5-1-2-7-19-8-6-17-10-19/h3-4,6,8-10H,1-2,5,7H2,(H,18,20). The Morgan fingerprint density at radius 3 is 3.00 bits per heavy atom. The Morgan fingerprint density at radius 1 is 1.40 bits per heavy atom. The Kier molecular flexibility index (Phi) is 5.29. The Morgan fingerprint density at radius 2 is 2.25 bits per heavy atom. The van der Waals surface area contributed by atoms with Crippen LogP contribution in [-0.2, 0) is 6.54 Å². The molecule has 20 heavy (non-hydrogen) atoms. The lowest BCUT2D eigenvalue weighted by molar-refractivity contribution is 0.0951. The van der Waals surface area contributed by atoms with Gasteiger partial charge in [-0.05, 0) is 47.0 Å². The van der Waals surface area contributed by atoms with Gasteiger partial charge >= 0.3 is 0 Å². The van der Waals surface area contributed by atoms with Crippen LogP contribution in [0.15, 0.2) is 41.4 Å². The van der Waals surface area contributed by atoms with E-state index < -0.39 is 5.82 Å². The number of nitrogens with zero attached hydrogens (tertiary/aromatic N) is 2. The van der Waals surface area contributed by atoms with E-state index in [9.17, 15) is 9.18 Å². The third-order valence-electron chi connectivity index (χ3n) is 2.86. The molecule has 0 aliphatic heterocycles. The molecule has 0 aliphatic rings. The lowest BCUT2D eigenvalue weighted by Gasteiger charge is -2.07. The van der Waals surface area contributed by atoms with Gasteiger partial charge in [0.2, 0.25) is 0 Å². The number of amides is 1. The number of unbranched alkanes of at least 4 members (excludes halogenated alkanes) is 1. The first-order valence-electron chi connectivity index (χ1n) is 6.36. The Labute approximate surface area is 125 Å². The molecule has 2 aromatic rings. The van der Waals surface area contributed by atoms with Gasteiger partial charge in [-0.25, -0.2) is 9.37 Å². The molecule has 1 aromatic carbocycles. The number of halogens is 2. The van der Waals surface area contributed by atoms with Gasteiger partial charge in [0, 0.05) is 30.0 Å². The highest BCUT2D eigenvalue weighted by atomic mass is 79.9. The van der Waals surface area contributed by atoms with Crippen molar-refractivity contribution in [1.82, 2.24) is 14.9 Å². The molecule has 1 amide bonds. The third-order valence-corrected chi connectivity index (χ3v) is 3.55. The summed E-state index contributed by atoms with van der Waals surface area (Å²) in [7, 11) is 0. The van der Waals surface area contributed by atoms with E-state index in [2.05, 4.69) is 26.2 Å².